The van der Waals surface area contributed by atoms with Crippen molar-refractivity contribution in [2.45, 2.75) is 27.1 Å². The van der Waals surface area contributed by atoms with Crippen LogP contribution in [0, 0.1) is 5.82 Å². The lowest BCUT2D eigenvalue weighted by Crippen LogP contribution is -2.25. The molecule has 2 aromatic rings. The van der Waals surface area contributed by atoms with Gasteiger partial charge in [-0.3, -0.25) is 0 Å². The van der Waals surface area contributed by atoms with Gasteiger partial charge in [0.2, 0.25) is 0 Å². The number of benzene rings is 1. The molecule has 3 rings (SSSR count). The third-order valence-electron chi connectivity index (χ3n) is 3.42. The van der Waals surface area contributed by atoms with Gasteiger partial charge in [-0.05, 0) is 24.1 Å². The molecule has 124 valence electrons. The van der Waals surface area contributed by atoms with Crippen LogP contribution in [0.15, 0.2) is 29.4 Å². The van der Waals surface area contributed by atoms with Crippen LogP contribution in [0.3, 0.4) is 0 Å². The molecule has 23 heavy (non-hydrogen) atoms. The molecule has 0 spiro atoms. The number of halogens is 5. The summed E-state index contributed by atoms with van der Waals surface area (Å²) in [7, 11) is -5.61. The first kappa shape index (κ1) is 16.6. The highest BCUT2D eigenvalue weighted by atomic mass is 127. The van der Waals surface area contributed by atoms with E-state index in [4.69, 9.17) is 0 Å². The zero-order valence-corrected chi connectivity index (χ0v) is 14.1. The maximum atomic E-state index is 13.4. The fourth-order valence-electron chi connectivity index (χ4n) is 2.37. The maximum Gasteiger partial charge on any atom is 0.505 e. The summed E-state index contributed by atoms with van der Waals surface area (Å²) < 4.78 is 74.9. The van der Waals surface area contributed by atoms with Crippen molar-refractivity contribution in [2.75, 3.05) is 0 Å². The highest BCUT2D eigenvalue weighted by molar-refractivity contribution is 14.1. The molecule has 0 saturated carbocycles. The van der Waals surface area contributed by atoms with Gasteiger partial charge >= 0.3 is 15.3 Å². The Labute approximate surface area is 141 Å². The topological polar surface area (TPSA) is 64.8 Å². The molecule has 0 bridgehead atoms. The second-order valence-corrected chi connectivity index (χ2v) is 8.26. The number of rotatable bonds is 2. The average Bonchev–Trinajstić information content (AvgIpc) is 2.99. The lowest BCUT2D eigenvalue weighted by Gasteiger charge is -2.12. The van der Waals surface area contributed by atoms with E-state index >= 15 is 0 Å². The molecule has 0 N–H and O–H groups in total. The number of hydrogen-bond acceptors (Lipinski definition) is 4. The second-order valence-electron chi connectivity index (χ2n) is 4.92. The molecule has 1 aliphatic heterocycles. The summed E-state index contributed by atoms with van der Waals surface area (Å²) in [5, 5.41) is 2.26. The van der Waals surface area contributed by atoms with E-state index in [0.29, 0.717) is 12.0 Å². The van der Waals surface area contributed by atoms with Crippen molar-refractivity contribution >= 4 is 32.4 Å². The molecule has 0 unspecified atom stereocenters. The Kier molecular flexibility index (Phi) is 3.90. The normalized spacial score (nSPS) is 21.4. The van der Waals surface area contributed by atoms with Crippen LogP contribution < -0.4 is 0 Å². The third-order valence-corrected chi connectivity index (χ3v) is 5.75. The molecular weight excluding hydrogens is 453 g/mol. The van der Waals surface area contributed by atoms with Crippen molar-refractivity contribution in [1.82, 2.24) is 14.8 Å². The molecule has 11 heteroatoms. The van der Waals surface area contributed by atoms with E-state index in [-0.39, 0.29) is 9.75 Å². The number of hydrogen-bond donors (Lipinski definition) is 0. The van der Waals surface area contributed by atoms with Gasteiger partial charge in [0.05, 0.1) is 9.97 Å². The van der Waals surface area contributed by atoms with E-state index in [1.807, 2.05) is 22.6 Å². The van der Waals surface area contributed by atoms with Crippen LogP contribution in [0.4, 0.5) is 17.6 Å². The molecular formula is C12H8F4IN3O2S. The van der Waals surface area contributed by atoms with Crippen LogP contribution >= 0.6 is 22.6 Å². The summed E-state index contributed by atoms with van der Waals surface area (Å²) in [6.45, 7) is 0. The van der Waals surface area contributed by atoms with Crippen molar-refractivity contribution in [3.63, 3.8) is 0 Å². The highest BCUT2D eigenvalue weighted by Crippen LogP contribution is 2.43. The van der Waals surface area contributed by atoms with Gasteiger partial charge in [0, 0.05) is 0 Å². The molecule has 0 amide bonds. The van der Waals surface area contributed by atoms with E-state index in [9.17, 15) is 26.0 Å². The van der Waals surface area contributed by atoms with Crippen LogP contribution in [0.1, 0.15) is 27.8 Å². The standard InChI is InChI=1S/C12H8F4IN3O2S/c13-7-3-1-2-6(4-7)9-5-8(17)10-18-11(19-20(9)10)23(21,22)12(14,15)16/h1-4,8-9H,5H2/t8-,9-/m0/s1. The van der Waals surface area contributed by atoms with Gasteiger partial charge in [0.1, 0.15) is 11.6 Å². The Balaban J connectivity index is 2.08. The molecule has 0 aliphatic carbocycles. The van der Waals surface area contributed by atoms with Crippen LogP contribution in [0.25, 0.3) is 0 Å². The number of fused-ring (bicyclic) bond motifs is 1. The minimum absolute atomic E-state index is 0.127. The summed E-state index contributed by atoms with van der Waals surface area (Å²) in [5.41, 5.74) is -4.98. The smallest absolute Gasteiger partial charge is 0.240 e. The van der Waals surface area contributed by atoms with E-state index in [0.717, 1.165) is 4.68 Å². The number of aromatic nitrogens is 3. The zero-order chi connectivity index (χ0) is 17.0. The van der Waals surface area contributed by atoms with Gasteiger partial charge in [-0.15, -0.1) is 5.10 Å². The van der Waals surface area contributed by atoms with Crippen LogP contribution in [-0.2, 0) is 9.84 Å². The molecule has 5 nitrogen and oxygen atoms in total. The van der Waals surface area contributed by atoms with Crippen molar-refractivity contribution in [3.05, 3.63) is 41.5 Å². The molecule has 1 aromatic heterocycles. The van der Waals surface area contributed by atoms with E-state index < -0.39 is 32.4 Å². The highest BCUT2D eigenvalue weighted by Gasteiger charge is 2.51. The second kappa shape index (κ2) is 5.40. The van der Waals surface area contributed by atoms with Crippen LogP contribution in [0.5, 0.6) is 0 Å². The van der Waals surface area contributed by atoms with Gasteiger partial charge in [-0.25, -0.2) is 22.5 Å². The summed E-state index contributed by atoms with van der Waals surface area (Å²) in [4.78, 5) is 3.55. The Morgan fingerprint density at radius 3 is 2.61 bits per heavy atom. The predicted molar refractivity (Wildman–Crippen MR) is 79.2 cm³/mol. The Hall–Kier alpha value is -1.24. The van der Waals surface area contributed by atoms with Crippen LogP contribution in [0.2, 0.25) is 0 Å². The van der Waals surface area contributed by atoms with Gasteiger partial charge in [-0.1, -0.05) is 34.7 Å². The van der Waals surface area contributed by atoms with E-state index in [2.05, 4.69) is 10.1 Å². The predicted octanol–water partition coefficient (Wildman–Crippen LogP) is 3.18. The minimum atomic E-state index is -5.61. The van der Waals surface area contributed by atoms with Crippen molar-refractivity contribution in [3.8, 4) is 0 Å². The maximum absolute atomic E-state index is 13.4. The fraction of sp³-hybridized carbons (Fsp3) is 0.333. The van der Waals surface area contributed by atoms with Crippen molar-refractivity contribution in [2.24, 2.45) is 0 Å². The molecule has 2 atom stereocenters. The number of sulfone groups is 1. The monoisotopic (exact) mass is 461 g/mol. The lowest BCUT2D eigenvalue weighted by molar-refractivity contribution is -0.0440. The SMILES string of the molecule is O=S(=O)(c1nc2n(n1)[C@H](c1cccc(F)c1)C[C@@H]2I)C(F)(F)F. The first-order chi connectivity index (χ1) is 10.6. The van der Waals surface area contributed by atoms with Crippen molar-refractivity contribution in [1.29, 1.82) is 0 Å². The summed E-state index contributed by atoms with van der Waals surface area (Å²) in [6, 6.07) is 4.98. The van der Waals surface area contributed by atoms with E-state index in [1.54, 1.807) is 6.07 Å². The van der Waals surface area contributed by atoms with Gasteiger partial charge in [-0.2, -0.15) is 13.2 Å². The quantitative estimate of drug-likeness (QED) is 0.392. The Morgan fingerprint density at radius 1 is 1.30 bits per heavy atom. The van der Waals surface area contributed by atoms with Gasteiger partial charge in [0.25, 0.3) is 5.16 Å². The molecule has 0 fully saturated rings. The molecule has 0 saturated heterocycles. The minimum Gasteiger partial charge on any atom is -0.240 e. The number of alkyl halides is 4. The summed E-state index contributed by atoms with van der Waals surface area (Å²) in [5.74, 6) is -0.369. The van der Waals surface area contributed by atoms with Crippen LogP contribution in [-0.4, -0.2) is 28.7 Å². The first-order valence-corrected chi connectivity index (χ1v) is 9.01. The molecule has 2 heterocycles. The molecule has 0 radical (unpaired) electrons. The largest absolute Gasteiger partial charge is 0.505 e. The first-order valence-electron chi connectivity index (χ1n) is 6.28. The van der Waals surface area contributed by atoms with Crippen molar-refractivity contribution < 1.29 is 26.0 Å². The average molecular weight is 461 g/mol. The Morgan fingerprint density at radius 2 is 2.00 bits per heavy atom. The number of nitrogens with zero attached hydrogens (tertiary/aromatic N) is 3. The zero-order valence-electron chi connectivity index (χ0n) is 11.1. The van der Waals surface area contributed by atoms with Gasteiger partial charge in [0.15, 0.2) is 0 Å². The van der Waals surface area contributed by atoms with E-state index in [1.165, 1.54) is 18.2 Å². The molecule has 1 aromatic carbocycles. The fourth-order valence-corrected chi connectivity index (χ4v) is 3.89. The van der Waals surface area contributed by atoms with Gasteiger partial charge < -0.3 is 0 Å². The molecule has 1 aliphatic rings. The summed E-state index contributed by atoms with van der Waals surface area (Å²) >= 11 is 1.94. The Bertz CT molecular complexity index is 865. The summed E-state index contributed by atoms with van der Waals surface area (Å²) in [6.07, 6.45) is 0.436. The third kappa shape index (κ3) is 2.73. The lowest BCUT2D eigenvalue weighted by atomic mass is 10.1.